The van der Waals surface area contributed by atoms with Crippen molar-refractivity contribution in [3.63, 3.8) is 0 Å². The summed E-state index contributed by atoms with van der Waals surface area (Å²) in [7, 11) is 0. The van der Waals surface area contributed by atoms with Crippen LogP contribution >= 0.6 is 0 Å². The van der Waals surface area contributed by atoms with Crippen molar-refractivity contribution in [2.45, 2.75) is 39.5 Å². The fraction of sp³-hybridized carbons (Fsp3) is 0.250. The van der Waals surface area contributed by atoms with Crippen molar-refractivity contribution in [2.75, 3.05) is 0 Å². The molecule has 0 aliphatic carbocycles. The van der Waals surface area contributed by atoms with E-state index < -0.39 is 0 Å². The van der Waals surface area contributed by atoms with Gasteiger partial charge in [0.1, 0.15) is 0 Å². The van der Waals surface area contributed by atoms with Gasteiger partial charge < -0.3 is 4.98 Å². The van der Waals surface area contributed by atoms with Crippen LogP contribution in [0, 0.1) is 0 Å². The minimum atomic E-state index is 0.495. The van der Waals surface area contributed by atoms with Crippen molar-refractivity contribution in [1.82, 2.24) is 4.98 Å². The second kappa shape index (κ2) is 6.07. The Hall–Kier alpha value is -2.54. The van der Waals surface area contributed by atoms with Crippen molar-refractivity contribution in [3.8, 4) is 11.1 Å². The van der Waals surface area contributed by atoms with E-state index in [1.54, 1.807) is 0 Å². The topological polar surface area (TPSA) is 15.8 Å². The predicted molar refractivity (Wildman–Crippen MR) is 109 cm³/mol. The first-order valence-corrected chi connectivity index (χ1v) is 9.18. The summed E-state index contributed by atoms with van der Waals surface area (Å²) in [6, 6.07) is 20.3. The van der Waals surface area contributed by atoms with E-state index in [-0.39, 0.29) is 0 Å². The quantitative estimate of drug-likeness (QED) is 0.408. The number of benzene rings is 3. The largest absolute Gasteiger partial charge is 0.361 e. The van der Waals surface area contributed by atoms with Gasteiger partial charge in [-0.05, 0) is 69.1 Å². The molecule has 1 nitrogen and oxygen atoms in total. The summed E-state index contributed by atoms with van der Waals surface area (Å²) in [5.74, 6) is 1.03. The maximum absolute atomic E-state index is 3.40. The van der Waals surface area contributed by atoms with Crippen LogP contribution in [0.3, 0.4) is 0 Å². The molecule has 0 aliphatic heterocycles. The van der Waals surface area contributed by atoms with Crippen LogP contribution in [-0.2, 0) is 0 Å². The molecule has 1 heterocycles. The first kappa shape index (κ1) is 16.0. The third kappa shape index (κ3) is 2.74. The fourth-order valence-electron chi connectivity index (χ4n) is 3.81. The van der Waals surface area contributed by atoms with Crippen molar-refractivity contribution < 1.29 is 0 Å². The van der Waals surface area contributed by atoms with E-state index in [1.165, 1.54) is 43.9 Å². The highest BCUT2D eigenvalue weighted by atomic mass is 14.7. The van der Waals surface area contributed by atoms with E-state index in [9.17, 15) is 0 Å². The lowest BCUT2D eigenvalue weighted by molar-refractivity contribution is 0.874. The van der Waals surface area contributed by atoms with Gasteiger partial charge in [-0.1, -0.05) is 58.0 Å². The number of hydrogen-bond donors (Lipinski definition) is 1. The molecule has 3 aromatic carbocycles. The van der Waals surface area contributed by atoms with Gasteiger partial charge in [-0.25, -0.2) is 0 Å². The van der Waals surface area contributed by atoms with Crippen molar-refractivity contribution in [2.24, 2.45) is 0 Å². The zero-order chi connectivity index (χ0) is 17.6. The highest BCUT2D eigenvalue weighted by molar-refractivity contribution is 5.93. The van der Waals surface area contributed by atoms with Crippen molar-refractivity contribution in [3.05, 3.63) is 71.9 Å². The van der Waals surface area contributed by atoms with Gasteiger partial charge in [0, 0.05) is 17.1 Å². The lowest BCUT2D eigenvalue weighted by atomic mass is 9.91. The summed E-state index contributed by atoms with van der Waals surface area (Å²) >= 11 is 0. The molecule has 25 heavy (non-hydrogen) atoms. The van der Waals surface area contributed by atoms with Gasteiger partial charge >= 0.3 is 0 Å². The zero-order valence-electron chi connectivity index (χ0n) is 15.4. The van der Waals surface area contributed by atoms with E-state index in [4.69, 9.17) is 0 Å². The smallest absolute Gasteiger partial charge is 0.0489 e. The van der Waals surface area contributed by atoms with E-state index >= 15 is 0 Å². The summed E-state index contributed by atoms with van der Waals surface area (Å²) in [6.07, 6.45) is 2.04. The average molecular weight is 327 g/mol. The molecule has 1 heteroatoms. The molecular weight excluding hydrogens is 302 g/mol. The molecule has 0 amide bonds. The molecule has 0 unspecified atom stereocenters. The standard InChI is InChI=1S/C24H25N/c1-15(2)21-7-5-6-18-12-17(8-9-22(18)21)20-13-19-10-11-25-24(19)23(14-20)16(3)4/h5-16,25H,1-4H3. The monoisotopic (exact) mass is 327 g/mol. The number of aromatic nitrogens is 1. The molecule has 0 radical (unpaired) electrons. The summed E-state index contributed by atoms with van der Waals surface area (Å²) in [6.45, 7) is 9.04. The molecule has 1 aromatic heterocycles. The number of aromatic amines is 1. The lowest BCUT2D eigenvalue weighted by Crippen LogP contribution is -1.92. The molecule has 0 fully saturated rings. The van der Waals surface area contributed by atoms with Gasteiger partial charge in [0.25, 0.3) is 0 Å². The normalized spacial score (nSPS) is 11.9. The van der Waals surface area contributed by atoms with Crippen molar-refractivity contribution >= 4 is 21.7 Å². The van der Waals surface area contributed by atoms with Gasteiger partial charge in [0.05, 0.1) is 0 Å². The van der Waals surface area contributed by atoms with Gasteiger partial charge in [-0.3, -0.25) is 0 Å². The molecule has 4 rings (SSSR count). The molecule has 0 aliphatic rings. The molecule has 0 atom stereocenters. The third-order valence-electron chi connectivity index (χ3n) is 5.18. The third-order valence-corrected chi connectivity index (χ3v) is 5.18. The molecule has 0 saturated carbocycles. The molecular formula is C24H25N. The Bertz CT molecular complexity index is 1050. The van der Waals surface area contributed by atoms with Gasteiger partial charge in [0.2, 0.25) is 0 Å². The summed E-state index contributed by atoms with van der Waals surface area (Å²) < 4.78 is 0. The molecule has 0 bridgehead atoms. The van der Waals surface area contributed by atoms with Gasteiger partial charge in [0.15, 0.2) is 0 Å². The summed E-state index contributed by atoms with van der Waals surface area (Å²) in [5.41, 5.74) is 6.66. The van der Waals surface area contributed by atoms with E-state index in [0.29, 0.717) is 11.8 Å². The average Bonchev–Trinajstić information content (AvgIpc) is 3.08. The van der Waals surface area contributed by atoms with Crippen molar-refractivity contribution in [1.29, 1.82) is 0 Å². The van der Waals surface area contributed by atoms with Crippen LogP contribution in [0.25, 0.3) is 32.8 Å². The zero-order valence-corrected chi connectivity index (χ0v) is 15.4. The number of rotatable bonds is 3. The van der Waals surface area contributed by atoms with Crippen LogP contribution in [0.1, 0.15) is 50.7 Å². The molecule has 1 N–H and O–H groups in total. The lowest BCUT2D eigenvalue weighted by Gasteiger charge is -2.13. The van der Waals surface area contributed by atoms with Gasteiger partial charge in [-0.2, -0.15) is 0 Å². The van der Waals surface area contributed by atoms with Crippen LogP contribution < -0.4 is 0 Å². The Morgan fingerprint density at radius 2 is 1.44 bits per heavy atom. The second-order valence-electron chi connectivity index (χ2n) is 7.60. The Morgan fingerprint density at radius 3 is 2.20 bits per heavy atom. The number of nitrogens with one attached hydrogen (secondary N) is 1. The molecule has 0 saturated heterocycles. The van der Waals surface area contributed by atoms with Gasteiger partial charge in [-0.15, -0.1) is 0 Å². The van der Waals surface area contributed by atoms with Crippen LogP contribution in [0.15, 0.2) is 60.8 Å². The minimum Gasteiger partial charge on any atom is -0.361 e. The Morgan fingerprint density at radius 1 is 0.680 bits per heavy atom. The van der Waals surface area contributed by atoms with Crippen LogP contribution in [-0.4, -0.2) is 4.98 Å². The highest BCUT2D eigenvalue weighted by Gasteiger charge is 2.11. The number of hydrogen-bond acceptors (Lipinski definition) is 0. The first-order valence-electron chi connectivity index (χ1n) is 9.18. The minimum absolute atomic E-state index is 0.495. The predicted octanol–water partition coefficient (Wildman–Crippen LogP) is 7.23. The number of H-pyrrole nitrogens is 1. The SMILES string of the molecule is CC(C)c1cccc2cc(-c3cc(C(C)C)c4[nH]ccc4c3)ccc12. The molecule has 0 spiro atoms. The van der Waals surface area contributed by atoms with E-state index in [2.05, 4.69) is 87.3 Å². The van der Waals surface area contributed by atoms with Crippen LogP contribution in [0.2, 0.25) is 0 Å². The fourth-order valence-corrected chi connectivity index (χ4v) is 3.81. The Balaban J connectivity index is 1.91. The maximum atomic E-state index is 3.40. The second-order valence-corrected chi connectivity index (χ2v) is 7.60. The summed E-state index contributed by atoms with van der Waals surface area (Å²) in [4.78, 5) is 3.40. The van der Waals surface area contributed by atoms with Crippen LogP contribution in [0.4, 0.5) is 0 Å². The van der Waals surface area contributed by atoms with E-state index in [0.717, 1.165) is 0 Å². The molecule has 126 valence electrons. The first-order chi connectivity index (χ1) is 12.0. The number of fused-ring (bicyclic) bond motifs is 2. The molecule has 4 aromatic rings. The maximum Gasteiger partial charge on any atom is 0.0489 e. The Labute approximate surface area is 149 Å². The van der Waals surface area contributed by atoms with Crippen LogP contribution in [0.5, 0.6) is 0 Å². The highest BCUT2D eigenvalue weighted by Crippen LogP contribution is 2.34. The Kier molecular flexibility index (Phi) is 3.88. The summed E-state index contributed by atoms with van der Waals surface area (Å²) in [5, 5.41) is 3.98. The van der Waals surface area contributed by atoms with E-state index in [1.807, 2.05) is 6.20 Å².